The second kappa shape index (κ2) is 12.9. The molecule has 0 unspecified atom stereocenters. The van der Waals surface area contributed by atoms with Crippen LogP contribution >= 0.6 is 35.3 Å². The molecule has 2 rings (SSSR count). The highest BCUT2D eigenvalue weighted by Gasteiger charge is 2.03. The number of hydrogen-bond donors (Lipinski definition) is 2. The molecule has 0 radical (unpaired) electrons. The Morgan fingerprint density at radius 2 is 1.85 bits per heavy atom. The van der Waals surface area contributed by atoms with Gasteiger partial charge in [-0.15, -0.1) is 35.3 Å². The van der Waals surface area contributed by atoms with Gasteiger partial charge in [0.2, 0.25) is 0 Å². The van der Waals surface area contributed by atoms with Gasteiger partial charge in [0.1, 0.15) is 10.8 Å². The number of aryl methyl sites for hydroxylation is 3. The lowest BCUT2D eigenvalue weighted by atomic mass is 10.2. The molecule has 0 saturated heterocycles. The van der Waals surface area contributed by atoms with Gasteiger partial charge in [-0.1, -0.05) is 17.7 Å². The van der Waals surface area contributed by atoms with Crippen molar-refractivity contribution in [3.8, 4) is 5.75 Å². The number of aromatic nitrogens is 1. The molecular formula is C20H31IN4OS. The minimum Gasteiger partial charge on any atom is -0.494 e. The van der Waals surface area contributed by atoms with Gasteiger partial charge in [0.05, 0.1) is 18.8 Å². The summed E-state index contributed by atoms with van der Waals surface area (Å²) in [4.78, 5) is 10.4. The van der Waals surface area contributed by atoms with E-state index >= 15 is 0 Å². The predicted molar refractivity (Wildman–Crippen MR) is 126 cm³/mol. The summed E-state index contributed by atoms with van der Waals surface area (Å²) in [7, 11) is 0. The minimum absolute atomic E-state index is 0. The van der Waals surface area contributed by atoms with Crippen LogP contribution in [0.3, 0.4) is 0 Å². The van der Waals surface area contributed by atoms with Crippen molar-refractivity contribution in [3.05, 3.63) is 45.4 Å². The summed E-state index contributed by atoms with van der Waals surface area (Å²) in [5.74, 6) is 1.78. The minimum atomic E-state index is 0. The summed E-state index contributed by atoms with van der Waals surface area (Å²) >= 11 is 1.72. The van der Waals surface area contributed by atoms with Crippen LogP contribution in [-0.4, -0.2) is 30.6 Å². The Bertz CT molecular complexity index is 681. The molecule has 0 aliphatic rings. The highest BCUT2D eigenvalue weighted by molar-refractivity contribution is 14.0. The fraction of sp³-hybridized carbons (Fsp3) is 0.500. The van der Waals surface area contributed by atoms with E-state index in [2.05, 4.69) is 53.5 Å². The van der Waals surface area contributed by atoms with Crippen LogP contribution in [0.15, 0.2) is 29.3 Å². The van der Waals surface area contributed by atoms with Crippen LogP contribution in [0.25, 0.3) is 0 Å². The number of hydrogen-bond acceptors (Lipinski definition) is 4. The number of thiazole rings is 1. The number of nitrogens with one attached hydrogen (secondary N) is 2. The Morgan fingerprint density at radius 1 is 1.11 bits per heavy atom. The Balaban J connectivity index is 0.00000364. The SMILES string of the molecule is CCNC(=NCc1nc(C)c(C)s1)NCCCCOc1ccc(C)cc1.I. The smallest absolute Gasteiger partial charge is 0.191 e. The number of nitrogens with zero attached hydrogens (tertiary/aromatic N) is 2. The van der Waals surface area contributed by atoms with Crippen molar-refractivity contribution in [2.75, 3.05) is 19.7 Å². The first-order valence-electron chi connectivity index (χ1n) is 9.23. The third-order valence-corrected chi connectivity index (χ3v) is 5.00. The number of benzene rings is 1. The first-order valence-corrected chi connectivity index (χ1v) is 10.0. The molecule has 7 heteroatoms. The topological polar surface area (TPSA) is 58.5 Å². The lowest BCUT2D eigenvalue weighted by Gasteiger charge is -2.11. The van der Waals surface area contributed by atoms with Gasteiger partial charge in [0, 0.05) is 18.0 Å². The van der Waals surface area contributed by atoms with E-state index < -0.39 is 0 Å². The summed E-state index contributed by atoms with van der Waals surface area (Å²) < 4.78 is 5.75. The predicted octanol–water partition coefficient (Wildman–Crippen LogP) is 4.60. The summed E-state index contributed by atoms with van der Waals surface area (Å²) in [6.07, 6.45) is 2.04. The quantitative estimate of drug-likeness (QED) is 0.228. The Hall–Kier alpha value is -1.35. The maximum Gasteiger partial charge on any atom is 0.191 e. The van der Waals surface area contributed by atoms with E-state index in [9.17, 15) is 0 Å². The summed E-state index contributed by atoms with van der Waals surface area (Å²) in [6.45, 7) is 11.4. The average Bonchev–Trinajstić information content (AvgIpc) is 2.95. The maximum absolute atomic E-state index is 5.75. The molecule has 2 N–H and O–H groups in total. The molecule has 1 aromatic carbocycles. The highest BCUT2D eigenvalue weighted by atomic mass is 127. The first kappa shape index (κ1) is 23.7. The van der Waals surface area contributed by atoms with Crippen LogP contribution in [0, 0.1) is 20.8 Å². The zero-order valence-electron chi connectivity index (χ0n) is 16.7. The lowest BCUT2D eigenvalue weighted by Crippen LogP contribution is -2.37. The molecule has 0 spiro atoms. The molecule has 0 fully saturated rings. The molecule has 0 saturated carbocycles. The number of rotatable bonds is 9. The normalized spacial score (nSPS) is 11.0. The first-order chi connectivity index (χ1) is 12.6. The number of unbranched alkanes of at least 4 members (excludes halogenated alkanes) is 1. The molecule has 150 valence electrons. The fourth-order valence-corrected chi connectivity index (χ4v) is 3.21. The summed E-state index contributed by atoms with van der Waals surface area (Å²) in [6, 6.07) is 8.18. The van der Waals surface area contributed by atoms with Crippen LogP contribution in [-0.2, 0) is 6.54 Å². The van der Waals surface area contributed by atoms with Gasteiger partial charge in [0.25, 0.3) is 0 Å². The Labute approximate surface area is 184 Å². The van der Waals surface area contributed by atoms with E-state index in [0.717, 1.165) is 54.9 Å². The van der Waals surface area contributed by atoms with E-state index in [1.165, 1.54) is 10.4 Å². The van der Waals surface area contributed by atoms with Crippen LogP contribution in [0.5, 0.6) is 5.75 Å². The van der Waals surface area contributed by atoms with Crippen molar-refractivity contribution in [2.45, 2.75) is 47.1 Å². The second-order valence-electron chi connectivity index (χ2n) is 6.24. The van der Waals surface area contributed by atoms with E-state index in [1.54, 1.807) is 11.3 Å². The molecule has 5 nitrogen and oxygen atoms in total. The number of guanidine groups is 1. The molecule has 0 aliphatic carbocycles. The molecule has 27 heavy (non-hydrogen) atoms. The van der Waals surface area contributed by atoms with Crippen LogP contribution in [0.2, 0.25) is 0 Å². The van der Waals surface area contributed by atoms with Crippen molar-refractivity contribution in [1.29, 1.82) is 0 Å². The molecule has 0 aliphatic heterocycles. The van der Waals surface area contributed by atoms with Crippen molar-refractivity contribution in [1.82, 2.24) is 15.6 Å². The van der Waals surface area contributed by atoms with Crippen molar-refractivity contribution >= 4 is 41.3 Å². The van der Waals surface area contributed by atoms with Crippen molar-refractivity contribution < 1.29 is 4.74 Å². The number of ether oxygens (including phenoxy) is 1. The van der Waals surface area contributed by atoms with Gasteiger partial charge < -0.3 is 15.4 Å². The van der Waals surface area contributed by atoms with E-state index in [-0.39, 0.29) is 24.0 Å². The molecular weight excluding hydrogens is 471 g/mol. The largest absolute Gasteiger partial charge is 0.494 e. The molecule has 1 aromatic heterocycles. The molecule has 1 heterocycles. The van der Waals surface area contributed by atoms with E-state index in [4.69, 9.17) is 4.74 Å². The van der Waals surface area contributed by atoms with E-state index in [1.807, 2.05) is 19.1 Å². The molecule has 2 aromatic rings. The van der Waals surface area contributed by atoms with Crippen molar-refractivity contribution in [2.24, 2.45) is 4.99 Å². The molecule has 0 bridgehead atoms. The van der Waals surface area contributed by atoms with Gasteiger partial charge in [-0.2, -0.15) is 0 Å². The molecule has 0 amide bonds. The van der Waals surface area contributed by atoms with Gasteiger partial charge >= 0.3 is 0 Å². The number of aliphatic imine (C=N–C) groups is 1. The van der Waals surface area contributed by atoms with Gasteiger partial charge in [-0.25, -0.2) is 9.98 Å². The van der Waals surface area contributed by atoms with Gasteiger partial charge in [0.15, 0.2) is 5.96 Å². The zero-order valence-corrected chi connectivity index (χ0v) is 19.8. The maximum atomic E-state index is 5.75. The van der Waals surface area contributed by atoms with Crippen LogP contribution in [0.4, 0.5) is 0 Å². The third-order valence-electron chi connectivity index (χ3n) is 3.94. The van der Waals surface area contributed by atoms with E-state index in [0.29, 0.717) is 6.54 Å². The third kappa shape index (κ3) is 8.92. The summed E-state index contributed by atoms with van der Waals surface area (Å²) in [5, 5.41) is 7.72. The monoisotopic (exact) mass is 502 g/mol. The Morgan fingerprint density at radius 3 is 2.48 bits per heavy atom. The standard InChI is InChI=1S/C20H30N4OS.HI/c1-5-21-20(23-14-19-24-16(3)17(4)26-19)22-12-6-7-13-25-18-10-8-15(2)9-11-18;/h8-11H,5-7,12-14H2,1-4H3,(H2,21,22,23);1H. The summed E-state index contributed by atoms with van der Waals surface area (Å²) in [5.41, 5.74) is 2.35. The lowest BCUT2D eigenvalue weighted by molar-refractivity contribution is 0.307. The number of halogens is 1. The van der Waals surface area contributed by atoms with Crippen LogP contribution in [0.1, 0.15) is 40.9 Å². The zero-order chi connectivity index (χ0) is 18.8. The van der Waals surface area contributed by atoms with Crippen molar-refractivity contribution in [3.63, 3.8) is 0 Å². The second-order valence-corrected chi connectivity index (χ2v) is 7.53. The fourth-order valence-electron chi connectivity index (χ4n) is 2.35. The Kier molecular flexibility index (Phi) is 11.3. The van der Waals surface area contributed by atoms with Gasteiger partial charge in [-0.3, -0.25) is 0 Å². The molecule has 0 atom stereocenters. The van der Waals surface area contributed by atoms with Gasteiger partial charge in [-0.05, 0) is 52.7 Å². The average molecular weight is 502 g/mol. The highest BCUT2D eigenvalue weighted by Crippen LogP contribution is 2.17. The van der Waals surface area contributed by atoms with Crippen LogP contribution < -0.4 is 15.4 Å².